The molecule has 0 saturated heterocycles. The summed E-state index contributed by atoms with van der Waals surface area (Å²) in [6.45, 7) is 2.09. The third kappa shape index (κ3) is 2.02. The van der Waals surface area contributed by atoms with Crippen molar-refractivity contribution in [2.75, 3.05) is 4.90 Å². The van der Waals surface area contributed by atoms with Crippen LogP contribution in [0.5, 0.6) is 0 Å². The Balaban J connectivity index is 2.10. The minimum Gasteiger partial charge on any atom is -0.476 e. The van der Waals surface area contributed by atoms with E-state index < -0.39 is 5.97 Å². The lowest BCUT2D eigenvalue weighted by molar-refractivity contribution is 0.0691. The van der Waals surface area contributed by atoms with Crippen LogP contribution in [0.2, 0.25) is 5.02 Å². The number of halogens is 1. The second-order valence-electron chi connectivity index (χ2n) is 4.86. The van der Waals surface area contributed by atoms with Crippen LogP contribution in [0.15, 0.2) is 36.4 Å². The summed E-state index contributed by atoms with van der Waals surface area (Å²) in [4.78, 5) is 17.4. The van der Waals surface area contributed by atoms with E-state index in [1.807, 2.05) is 18.2 Å². The van der Waals surface area contributed by atoms with Gasteiger partial charge >= 0.3 is 5.97 Å². The van der Waals surface area contributed by atoms with Gasteiger partial charge in [0.2, 0.25) is 0 Å². The molecule has 2 heterocycles. The normalized spacial score (nSPS) is 17.1. The zero-order valence-electron chi connectivity index (χ0n) is 10.9. The molecule has 1 N–H and O–H groups in total. The summed E-state index contributed by atoms with van der Waals surface area (Å²) in [5.74, 6) is -0.499. The van der Waals surface area contributed by atoms with Gasteiger partial charge in [0.15, 0.2) is 5.69 Å². The summed E-state index contributed by atoms with van der Waals surface area (Å²) in [5, 5.41) is 9.28. The second kappa shape index (κ2) is 4.80. The number of carboxylic acid groups (broad SMARTS) is 1. The molecule has 0 amide bonds. The van der Waals surface area contributed by atoms with Gasteiger partial charge in [-0.25, -0.2) is 9.78 Å². The van der Waals surface area contributed by atoms with E-state index >= 15 is 0 Å². The smallest absolute Gasteiger partial charge is 0.356 e. The number of nitrogens with zero attached hydrogens (tertiary/aromatic N) is 2. The number of carboxylic acids is 1. The Kier molecular flexibility index (Phi) is 3.10. The first kappa shape index (κ1) is 12.9. The minimum absolute atomic E-state index is 0.110. The summed E-state index contributed by atoms with van der Waals surface area (Å²) < 4.78 is 0. The topological polar surface area (TPSA) is 53.4 Å². The van der Waals surface area contributed by atoms with Crippen molar-refractivity contribution >= 4 is 29.1 Å². The predicted octanol–water partition coefficient (Wildman–Crippen LogP) is 3.52. The van der Waals surface area contributed by atoms with Crippen molar-refractivity contribution in [3.8, 4) is 0 Å². The van der Waals surface area contributed by atoms with Crippen molar-refractivity contribution in [1.82, 2.24) is 4.98 Å². The highest BCUT2D eigenvalue weighted by Crippen LogP contribution is 2.37. The second-order valence-corrected chi connectivity index (χ2v) is 5.26. The molecule has 5 heteroatoms. The lowest BCUT2D eigenvalue weighted by Gasteiger charge is -2.24. The van der Waals surface area contributed by atoms with Crippen LogP contribution in [0.1, 0.15) is 23.0 Å². The summed E-state index contributed by atoms with van der Waals surface area (Å²) in [5.41, 5.74) is 2.21. The highest BCUT2D eigenvalue weighted by molar-refractivity contribution is 6.33. The van der Waals surface area contributed by atoms with Crippen molar-refractivity contribution in [1.29, 1.82) is 0 Å². The molecule has 3 rings (SSSR count). The summed E-state index contributed by atoms with van der Waals surface area (Å²) in [6, 6.07) is 11.7. The standard InChI is InChI=1S/C15H13ClN2O2/c1-9-8-10-4-2-3-5-12(10)18(9)13-7-6-11(16)14(17-13)15(19)20/h2-7,9H,8H2,1H3,(H,19,20). The molecule has 0 spiro atoms. The van der Waals surface area contributed by atoms with Crippen LogP contribution in [-0.2, 0) is 6.42 Å². The molecule has 0 fully saturated rings. The fourth-order valence-electron chi connectivity index (χ4n) is 2.63. The number of aromatic carboxylic acids is 1. The van der Waals surface area contributed by atoms with E-state index in [-0.39, 0.29) is 16.8 Å². The molecule has 102 valence electrons. The van der Waals surface area contributed by atoms with Crippen LogP contribution in [0.25, 0.3) is 0 Å². The van der Waals surface area contributed by atoms with Gasteiger partial charge < -0.3 is 10.0 Å². The molecular weight excluding hydrogens is 276 g/mol. The monoisotopic (exact) mass is 288 g/mol. The molecule has 4 nitrogen and oxygen atoms in total. The van der Waals surface area contributed by atoms with E-state index in [0.29, 0.717) is 5.82 Å². The third-order valence-electron chi connectivity index (χ3n) is 3.49. The van der Waals surface area contributed by atoms with Gasteiger partial charge in [0.05, 0.1) is 5.02 Å². The van der Waals surface area contributed by atoms with Gasteiger partial charge in [0, 0.05) is 11.7 Å². The first-order valence-electron chi connectivity index (χ1n) is 6.35. The quantitative estimate of drug-likeness (QED) is 0.919. The van der Waals surface area contributed by atoms with Gasteiger partial charge in [-0.3, -0.25) is 0 Å². The fourth-order valence-corrected chi connectivity index (χ4v) is 2.82. The Morgan fingerprint density at radius 2 is 2.10 bits per heavy atom. The minimum atomic E-state index is -1.11. The number of para-hydroxylation sites is 1. The Hall–Kier alpha value is -2.07. The summed E-state index contributed by atoms with van der Waals surface area (Å²) in [6.07, 6.45) is 0.920. The maximum atomic E-state index is 11.2. The molecule has 1 aliphatic heterocycles. The number of hydrogen-bond donors (Lipinski definition) is 1. The molecule has 20 heavy (non-hydrogen) atoms. The molecule has 1 atom stereocenters. The average Bonchev–Trinajstić information content (AvgIpc) is 2.75. The largest absolute Gasteiger partial charge is 0.476 e. The maximum absolute atomic E-state index is 11.2. The Labute approximate surface area is 121 Å². The molecule has 2 aromatic rings. The average molecular weight is 289 g/mol. The van der Waals surface area contributed by atoms with Crippen molar-refractivity contribution in [2.24, 2.45) is 0 Å². The van der Waals surface area contributed by atoms with Crippen LogP contribution >= 0.6 is 11.6 Å². The molecule has 0 aliphatic carbocycles. The highest BCUT2D eigenvalue weighted by atomic mass is 35.5. The number of aromatic nitrogens is 1. The molecule has 0 saturated carbocycles. The van der Waals surface area contributed by atoms with Crippen LogP contribution in [0.3, 0.4) is 0 Å². The maximum Gasteiger partial charge on any atom is 0.356 e. The first-order chi connectivity index (χ1) is 9.58. The molecule has 1 aliphatic rings. The Morgan fingerprint density at radius 3 is 2.85 bits per heavy atom. The van der Waals surface area contributed by atoms with E-state index in [0.717, 1.165) is 12.1 Å². The SMILES string of the molecule is CC1Cc2ccccc2N1c1ccc(Cl)c(C(=O)O)n1. The number of anilines is 2. The molecule has 1 aromatic heterocycles. The molecular formula is C15H13ClN2O2. The predicted molar refractivity (Wildman–Crippen MR) is 78.0 cm³/mol. The van der Waals surface area contributed by atoms with Crippen molar-refractivity contribution in [3.63, 3.8) is 0 Å². The summed E-state index contributed by atoms with van der Waals surface area (Å²) >= 11 is 5.87. The van der Waals surface area contributed by atoms with Crippen LogP contribution < -0.4 is 4.90 Å². The van der Waals surface area contributed by atoms with Crippen molar-refractivity contribution in [3.05, 3.63) is 52.7 Å². The number of pyridine rings is 1. The zero-order chi connectivity index (χ0) is 14.3. The van der Waals surface area contributed by atoms with Gasteiger partial charge in [-0.2, -0.15) is 0 Å². The van der Waals surface area contributed by atoms with E-state index in [9.17, 15) is 4.79 Å². The molecule has 1 aromatic carbocycles. The lowest BCUT2D eigenvalue weighted by Crippen LogP contribution is -2.25. The molecule has 1 unspecified atom stereocenters. The van der Waals surface area contributed by atoms with Gasteiger partial charge in [0.1, 0.15) is 5.82 Å². The van der Waals surface area contributed by atoms with Crippen LogP contribution in [0, 0.1) is 0 Å². The van der Waals surface area contributed by atoms with Crippen LogP contribution in [-0.4, -0.2) is 22.1 Å². The number of benzene rings is 1. The Morgan fingerprint density at radius 1 is 1.35 bits per heavy atom. The van der Waals surface area contributed by atoms with Crippen LogP contribution in [0.4, 0.5) is 11.5 Å². The number of hydrogen-bond acceptors (Lipinski definition) is 3. The number of rotatable bonds is 2. The first-order valence-corrected chi connectivity index (χ1v) is 6.72. The number of fused-ring (bicyclic) bond motifs is 1. The highest BCUT2D eigenvalue weighted by Gasteiger charge is 2.28. The fraction of sp³-hybridized carbons (Fsp3) is 0.200. The molecule has 0 bridgehead atoms. The van der Waals surface area contributed by atoms with E-state index in [2.05, 4.69) is 22.9 Å². The van der Waals surface area contributed by atoms with Gasteiger partial charge in [-0.15, -0.1) is 0 Å². The van der Waals surface area contributed by atoms with E-state index in [4.69, 9.17) is 16.7 Å². The van der Waals surface area contributed by atoms with Crippen molar-refractivity contribution in [2.45, 2.75) is 19.4 Å². The third-order valence-corrected chi connectivity index (χ3v) is 3.79. The van der Waals surface area contributed by atoms with E-state index in [1.165, 1.54) is 5.56 Å². The van der Waals surface area contributed by atoms with E-state index in [1.54, 1.807) is 12.1 Å². The van der Waals surface area contributed by atoms with Crippen molar-refractivity contribution < 1.29 is 9.90 Å². The zero-order valence-corrected chi connectivity index (χ0v) is 11.6. The molecule has 0 radical (unpaired) electrons. The van der Waals surface area contributed by atoms with Gasteiger partial charge in [-0.1, -0.05) is 29.8 Å². The lowest BCUT2D eigenvalue weighted by atomic mass is 10.1. The Bertz CT molecular complexity index is 687. The number of carbonyl (C=O) groups is 1. The summed E-state index contributed by atoms with van der Waals surface area (Å²) in [7, 11) is 0. The van der Waals surface area contributed by atoms with Gasteiger partial charge in [0.25, 0.3) is 0 Å². The van der Waals surface area contributed by atoms with Gasteiger partial charge in [-0.05, 0) is 37.1 Å².